The van der Waals surface area contributed by atoms with E-state index >= 15 is 0 Å². The van der Waals surface area contributed by atoms with Crippen LogP contribution < -0.4 is 0 Å². The molecule has 0 unspecified atom stereocenters. The van der Waals surface area contributed by atoms with Crippen LogP contribution in [0, 0.1) is 0 Å². The molecule has 0 aromatic heterocycles. The Hall–Kier alpha value is 0.559. The van der Waals surface area contributed by atoms with Crippen molar-refractivity contribution in [1.82, 2.24) is 0 Å². The summed E-state index contributed by atoms with van der Waals surface area (Å²) in [5, 5.41) is 0. The van der Waals surface area contributed by atoms with E-state index in [9.17, 15) is 0 Å². The van der Waals surface area contributed by atoms with Crippen molar-refractivity contribution in [3.63, 3.8) is 0 Å². The monoisotopic (exact) mass is 201 g/mol. The van der Waals surface area contributed by atoms with Crippen molar-refractivity contribution >= 4 is 13.4 Å². The van der Waals surface area contributed by atoms with Crippen molar-refractivity contribution in [2.45, 2.75) is 0 Å². The first-order valence-corrected chi connectivity index (χ1v) is 3.63. The van der Waals surface area contributed by atoms with Gasteiger partial charge in [0.15, 0.2) is 0 Å². The summed E-state index contributed by atoms with van der Waals surface area (Å²) in [6.07, 6.45) is 0. The molecule has 0 amide bonds. The summed E-state index contributed by atoms with van der Waals surface area (Å²) >= 11 is -5.25. The number of rotatable bonds is 0. The van der Waals surface area contributed by atoms with Crippen LogP contribution >= 0.6 is 0 Å². The molecule has 0 aliphatic rings. The fourth-order valence-electron chi connectivity index (χ4n) is 0. The third-order valence-corrected chi connectivity index (χ3v) is 0. The summed E-state index contributed by atoms with van der Waals surface area (Å²) in [6, 6.07) is 0. The molecule has 0 saturated carbocycles. The topological polar surface area (TPSA) is 74.6 Å². The quantitative estimate of drug-likeness (QED) is 0.455. The Labute approximate surface area is 46.9 Å². The Bertz CT molecular complexity index is 90.7. The molecule has 0 spiro atoms. The van der Waals surface area contributed by atoms with Crippen LogP contribution in [-0.4, -0.2) is 21.7 Å². The third kappa shape index (κ3) is 185. The predicted molar refractivity (Wildman–Crippen MR) is 11.6 cm³/mol. The largest absolute Gasteiger partial charge is 0 e. The van der Waals surface area contributed by atoms with Gasteiger partial charge in [0.05, 0.1) is 0 Å². The number of hydrogen-bond acceptors (Lipinski definition) is 2. The second-order valence-corrected chi connectivity index (χ2v) is 2.33. The summed E-state index contributed by atoms with van der Waals surface area (Å²) in [7, 11) is 0. The van der Waals surface area contributed by atoms with Gasteiger partial charge in [0, 0.05) is 17.1 Å². The van der Waals surface area contributed by atoms with Crippen molar-refractivity contribution < 1.29 is 33.1 Å². The zero-order valence-corrected chi connectivity index (χ0v) is 5.39. The first-order chi connectivity index (χ1) is 2.00. The molecule has 2 N–H and O–H groups in total. The molecule has 0 saturated heterocycles. The molecule has 39 valence electrons. The first-order valence-electron chi connectivity index (χ1n) is 0.698. The summed E-state index contributed by atoms with van der Waals surface area (Å²) < 4.78 is 31.9. The Morgan fingerprint density at radius 2 is 1.17 bits per heavy atom. The van der Waals surface area contributed by atoms with Crippen LogP contribution in [0.25, 0.3) is 0 Å². The maximum Gasteiger partial charge on any atom is 0 e. The van der Waals surface area contributed by atoms with Crippen molar-refractivity contribution in [3.8, 4) is 0 Å². The molecule has 6 heteroatoms. The molecule has 0 aliphatic heterocycles. The summed E-state index contributed by atoms with van der Waals surface area (Å²) in [5.41, 5.74) is 0. The van der Waals surface area contributed by atoms with Crippen molar-refractivity contribution in [3.05, 3.63) is 0 Å². The molecular weight excluding hydrogens is 198 g/mol. The summed E-state index contributed by atoms with van der Waals surface area (Å²) in [6.45, 7) is 0. The molecule has 0 rings (SSSR count). The Morgan fingerprint density at radius 3 is 1.17 bits per heavy atom. The van der Waals surface area contributed by atoms with Gasteiger partial charge < -0.3 is 0 Å². The fourth-order valence-corrected chi connectivity index (χ4v) is 0. The molecule has 0 aliphatic carbocycles. The molecule has 0 fully saturated rings. The Balaban J connectivity index is 0. The SMILES string of the molecule is O=[Se](=O)(O)O.[Mn]. The molecule has 1 radical (unpaired) electrons. The molecule has 4 nitrogen and oxygen atoms in total. The van der Waals surface area contributed by atoms with E-state index in [0.717, 1.165) is 0 Å². The smallest absolute Gasteiger partial charge is 0 e. The zero-order valence-electron chi connectivity index (χ0n) is 2.50. The van der Waals surface area contributed by atoms with Crippen LogP contribution in [0.1, 0.15) is 0 Å². The van der Waals surface area contributed by atoms with Crippen LogP contribution in [0.15, 0.2) is 0 Å². The van der Waals surface area contributed by atoms with Gasteiger partial charge in [-0.05, 0) is 0 Å². The average Bonchev–Trinajstić information content (AvgIpc) is 0.722. The Kier molecular flexibility index (Phi) is 4.37. The maximum atomic E-state index is 8.82. The van der Waals surface area contributed by atoms with Crippen LogP contribution in [0.3, 0.4) is 0 Å². The van der Waals surface area contributed by atoms with Crippen LogP contribution in [0.2, 0.25) is 0 Å². The molecule has 0 heterocycles. The van der Waals surface area contributed by atoms with E-state index in [0.29, 0.717) is 0 Å². The van der Waals surface area contributed by atoms with E-state index in [1.807, 2.05) is 0 Å². The summed E-state index contributed by atoms with van der Waals surface area (Å²) in [5.74, 6) is 0. The normalized spacial score (nSPS) is 9.67. The van der Waals surface area contributed by atoms with Crippen LogP contribution in [0.4, 0.5) is 0 Å². The van der Waals surface area contributed by atoms with Crippen molar-refractivity contribution in [2.24, 2.45) is 0 Å². The van der Waals surface area contributed by atoms with Crippen LogP contribution in [0.5, 0.6) is 0 Å². The van der Waals surface area contributed by atoms with Gasteiger partial charge in [0.25, 0.3) is 0 Å². The van der Waals surface area contributed by atoms with Crippen molar-refractivity contribution in [2.75, 3.05) is 0 Å². The Morgan fingerprint density at radius 1 is 1.17 bits per heavy atom. The van der Waals surface area contributed by atoms with Gasteiger partial charge in [-0.25, -0.2) is 0 Å². The van der Waals surface area contributed by atoms with Gasteiger partial charge in [-0.3, -0.25) is 0 Å². The first kappa shape index (κ1) is 9.75. The molecular formula is H2MnO4Se. The van der Waals surface area contributed by atoms with E-state index in [1.54, 1.807) is 0 Å². The van der Waals surface area contributed by atoms with E-state index in [1.165, 1.54) is 0 Å². The molecule has 6 heavy (non-hydrogen) atoms. The predicted octanol–water partition coefficient (Wildman–Crippen LogP) is -1.73. The second-order valence-electron chi connectivity index (χ2n) is 0.448. The van der Waals surface area contributed by atoms with Gasteiger partial charge in [0.2, 0.25) is 0 Å². The molecule has 0 aromatic rings. The van der Waals surface area contributed by atoms with E-state index in [-0.39, 0.29) is 17.1 Å². The maximum absolute atomic E-state index is 8.82. The van der Waals surface area contributed by atoms with Crippen molar-refractivity contribution in [1.29, 1.82) is 0 Å². The average molecular weight is 200 g/mol. The summed E-state index contributed by atoms with van der Waals surface area (Å²) in [4.78, 5) is 0. The van der Waals surface area contributed by atoms with Gasteiger partial charge in [-0.2, -0.15) is 0 Å². The minimum atomic E-state index is -5.25. The second kappa shape index (κ2) is 2.69. The van der Waals surface area contributed by atoms with E-state index in [2.05, 4.69) is 0 Å². The fraction of sp³-hybridized carbons (Fsp3) is 0. The zero-order chi connectivity index (χ0) is 4.50. The molecule has 0 bridgehead atoms. The number of hydrogen-bond donors (Lipinski definition) is 2. The van der Waals surface area contributed by atoms with Crippen LogP contribution in [-0.2, 0) is 24.7 Å². The standard InChI is InChI=1S/Mn.H2O4Se/c;1-5(2,3)4/h;(H2,1,2,3,4). The third-order valence-electron chi connectivity index (χ3n) is 0. The van der Waals surface area contributed by atoms with Gasteiger partial charge >= 0.3 is 29.4 Å². The minimum absolute atomic E-state index is 0. The molecule has 0 atom stereocenters. The van der Waals surface area contributed by atoms with E-state index in [4.69, 9.17) is 16.0 Å². The van der Waals surface area contributed by atoms with Gasteiger partial charge in [0.1, 0.15) is 0 Å². The minimum Gasteiger partial charge on any atom is 0 e. The van der Waals surface area contributed by atoms with E-state index < -0.39 is 13.4 Å². The van der Waals surface area contributed by atoms with Gasteiger partial charge in [-0.15, -0.1) is 0 Å². The molecule has 0 aromatic carbocycles. The van der Waals surface area contributed by atoms with Gasteiger partial charge in [-0.1, -0.05) is 0 Å².